The van der Waals surface area contributed by atoms with Gasteiger partial charge in [0.15, 0.2) is 6.10 Å². The van der Waals surface area contributed by atoms with Crippen LogP contribution in [0.4, 0.5) is 0 Å². The quantitative estimate of drug-likeness (QED) is 0.221. The lowest BCUT2D eigenvalue weighted by atomic mass is 9.97. The number of esters is 3. The fourth-order valence-corrected chi connectivity index (χ4v) is 3.25. The van der Waals surface area contributed by atoms with Crippen LogP contribution in [-0.4, -0.2) is 48.6 Å². The lowest BCUT2D eigenvalue weighted by Crippen LogP contribution is -2.59. The van der Waals surface area contributed by atoms with Gasteiger partial charge < -0.3 is 18.9 Å². The van der Waals surface area contributed by atoms with Crippen LogP contribution in [0.3, 0.4) is 0 Å². The molecule has 0 radical (unpaired) electrons. The number of rotatable bonds is 6. The van der Waals surface area contributed by atoms with Crippen molar-refractivity contribution in [1.82, 2.24) is 0 Å². The molecule has 0 aliphatic carbocycles. The molecule has 0 spiro atoms. The van der Waals surface area contributed by atoms with Crippen molar-refractivity contribution in [3.8, 4) is 0 Å². The lowest BCUT2D eigenvalue weighted by Gasteiger charge is -2.42. The average Bonchev–Trinajstić information content (AvgIpc) is 2.79. The number of azide groups is 1. The highest BCUT2D eigenvalue weighted by atomic mass is 16.7. The van der Waals surface area contributed by atoms with E-state index in [0.29, 0.717) is 0 Å². The Labute approximate surface area is 183 Å². The molecule has 4 unspecified atom stereocenters. The second-order valence-electron chi connectivity index (χ2n) is 6.99. The Morgan fingerprint density at radius 2 is 1.38 bits per heavy atom. The molecule has 10 heteroatoms. The number of hydrogen-bond acceptors (Lipinski definition) is 8. The molecule has 2 aromatic rings. The van der Waals surface area contributed by atoms with Crippen LogP contribution in [0.5, 0.6) is 0 Å². The van der Waals surface area contributed by atoms with Crippen LogP contribution in [-0.2, 0) is 23.7 Å². The van der Waals surface area contributed by atoms with Gasteiger partial charge in [-0.2, -0.15) is 0 Å². The Bertz CT molecular complexity index is 1010. The summed E-state index contributed by atoms with van der Waals surface area (Å²) in [6.45, 7) is 2.73. The van der Waals surface area contributed by atoms with Gasteiger partial charge in [0.2, 0.25) is 12.4 Å². The van der Waals surface area contributed by atoms with Crippen LogP contribution in [0.1, 0.15) is 34.6 Å². The van der Waals surface area contributed by atoms with Crippen LogP contribution < -0.4 is 0 Å². The van der Waals surface area contributed by atoms with Gasteiger partial charge in [0.05, 0.1) is 17.2 Å². The van der Waals surface area contributed by atoms with Gasteiger partial charge in [0, 0.05) is 11.8 Å². The van der Waals surface area contributed by atoms with Crippen molar-refractivity contribution in [2.24, 2.45) is 5.11 Å². The fourth-order valence-electron chi connectivity index (χ4n) is 3.25. The topological polar surface area (TPSA) is 137 Å². The lowest BCUT2D eigenvalue weighted by molar-refractivity contribution is -0.259. The molecule has 1 heterocycles. The van der Waals surface area contributed by atoms with Crippen LogP contribution in [0.25, 0.3) is 10.4 Å². The van der Waals surface area contributed by atoms with Gasteiger partial charge in [-0.25, -0.2) is 9.59 Å². The minimum absolute atomic E-state index is 0.223. The number of benzene rings is 2. The molecule has 0 amide bonds. The van der Waals surface area contributed by atoms with E-state index in [4.69, 9.17) is 24.5 Å². The Balaban J connectivity index is 1.96. The SMILES string of the molecule is CC(=O)O[C@H]1OC(C)C(N=[N+]=[N-])C(OC(=O)c2ccccc2)C1OC(=O)c1ccccc1. The Hall–Kier alpha value is -3.88. The van der Waals surface area contributed by atoms with Crippen LogP contribution >= 0.6 is 0 Å². The second-order valence-corrected chi connectivity index (χ2v) is 6.99. The van der Waals surface area contributed by atoms with Crippen molar-refractivity contribution in [3.63, 3.8) is 0 Å². The third-order valence-electron chi connectivity index (χ3n) is 4.73. The van der Waals surface area contributed by atoms with Crippen molar-refractivity contribution in [3.05, 3.63) is 82.2 Å². The van der Waals surface area contributed by atoms with Gasteiger partial charge in [-0.05, 0) is 36.7 Å². The second kappa shape index (κ2) is 10.4. The van der Waals surface area contributed by atoms with E-state index in [1.54, 1.807) is 55.5 Å². The van der Waals surface area contributed by atoms with E-state index < -0.39 is 48.6 Å². The number of carbonyl (C=O) groups excluding carboxylic acids is 3. The zero-order valence-electron chi connectivity index (χ0n) is 17.4. The van der Waals surface area contributed by atoms with E-state index in [2.05, 4.69) is 10.0 Å². The van der Waals surface area contributed by atoms with Gasteiger partial charge in [0.25, 0.3) is 0 Å². The molecule has 1 fully saturated rings. The fraction of sp³-hybridized carbons (Fsp3) is 0.318. The predicted molar refractivity (Wildman–Crippen MR) is 110 cm³/mol. The van der Waals surface area contributed by atoms with Gasteiger partial charge in [0.1, 0.15) is 6.04 Å². The summed E-state index contributed by atoms with van der Waals surface area (Å²) < 4.78 is 22.0. The predicted octanol–water partition coefficient (Wildman–Crippen LogP) is 3.42. The minimum Gasteiger partial charge on any atom is -0.454 e. The summed E-state index contributed by atoms with van der Waals surface area (Å²) in [5.74, 6) is -2.19. The van der Waals surface area contributed by atoms with E-state index >= 15 is 0 Å². The molecule has 166 valence electrons. The molecule has 0 aromatic heterocycles. The first-order chi connectivity index (χ1) is 15.4. The molecule has 5 atom stereocenters. The molecular weight excluding hydrogens is 418 g/mol. The van der Waals surface area contributed by atoms with Gasteiger partial charge in [-0.3, -0.25) is 4.79 Å². The monoisotopic (exact) mass is 439 g/mol. The first-order valence-corrected chi connectivity index (χ1v) is 9.79. The maximum absolute atomic E-state index is 12.8. The highest BCUT2D eigenvalue weighted by Crippen LogP contribution is 2.30. The van der Waals surface area contributed by atoms with E-state index in [1.807, 2.05) is 0 Å². The standard InChI is InChI=1S/C22H21N3O7/c1-13-17(24-25-23)18(31-20(27)15-9-5-3-6-10-15)19(22(29-13)30-14(2)26)32-21(28)16-11-7-4-8-12-16/h3-13,17-19,22H,1-2H3/t13?,17?,18?,19?,22-/m1/s1. The Morgan fingerprint density at radius 3 is 1.84 bits per heavy atom. The van der Waals surface area contributed by atoms with E-state index in [-0.39, 0.29) is 11.1 Å². The molecule has 3 rings (SSSR count). The molecule has 0 bridgehead atoms. The number of hydrogen-bond donors (Lipinski definition) is 0. The Kier molecular flexibility index (Phi) is 7.43. The van der Waals surface area contributed by atoms with Crippen molar-refractivity contribution in [2.75, 3.05) is 0 Å². The summed E-state index contributed by atoms with van der Waals surface area (Å²) in [6, 6.07) is 15.2. The van der Waals surface area contributed by atoms with E-state index in [1.165, 1.54) is 12.1 Å². The van der Waals surface area contributed by atoms with Crippen molar-refractivity contribution in [1.29, 1.82) is 0 Å². The third kappa shape index (κ3) is 5.42. The Morgan fingerprint density at radius 1 is 0.875 bits per heavy atom. The number of nitrogens with zero attached hydrogens (tertiary/aromatic N) is 3. The summed E-state index contributed by atoms with van der Waals surface area (Å²) in [6.07, 6.45) is -4.85. The summed E-state index contributed by atoms with van der Waals surface area (Å²) in [4.78, 5) is 39.9. The van der Waals surface area contributed by atoms with Crippen LogP contribution in [0, 0.1) is 0 Å². The zero-order chi connectivity index (χ0) is 23.1. The van der Waals surface area contributed by atoms with Gasteiger partial charge in [-0.15, -0.1) is 0 Å². The molecular formula is C22H21N3O7. The zero-order valence-corrected chi connectivity index (χ0v) is 17.4. The summed E-state index contributed by atoms with van der Waals surface area (Å²) in [7, 11) is 0. The average molecular weight is 439 g/mol. The maximum atomic E-state index is 12.8. The van der Waals surface area contributed by atoms with Crippen molar-refractivity contribution < 1.29 is 33.3 Å². The first kappa shape index (κ1) is 22.8. The van der Waals surface area contributed by atoms with Crippen molar-refractivity contribution in [2.45, 2.75) is 44.5 Å². The molecule has 0 saturated carbocycles. The molecule has 1 saturated heterocycles. The van der Waals surface area contributed by atoms with Gasteiger partial charge >= 0.3 is 17.9 Å². The highest BCUT2D eigenvalue weighted by Gasteiger charge is 2.50. The van der Waals surface area contributed by atoms with Crippen LogP contribution in [0.2, 0.25) is 0 Å². The van der Waals surface area contributed by atoms with E-state index in [9.17, 15) is 14.4 Å². The molecule has 1 aliphatic heterocycles. The molecule has 1 aliphatic rings. The number of ether oxygens (including phenoxy) is 4. The largest absolute Gasteiger partial charge is 0.454 e. The normalized spacial score (nSPS) is 24.5. The summed E-state index contributed by atoms with van der Waals surface area (Å²) >= 11 is 0. The minimum atomic E-state index is -1.38. The molecule has 10 nitrogen and oxygen atoms in total. The third-order valence-corrected chi connectivity index (χ3v) is 4.73. The van der Waals surface area contributed by atoms with E-state index in [0.717, 1.165) is 6.92 Å². The smallest absolute Gasteiger partial charge is 0.338 e. The molecule has 32 heavy (non-hydrogen) atoms. The summed E-state index contributed by atoms with van der Waals surface area (Å²) in [5.41, 5.74) is 9.49. The van der Waals surface area contributed by atoms with Crippen molar-refractivity contribution >= 4 is 17.9 Å². The maximum Gasteiger partial charge on any atom is 0.338 e. The number of carbonyl (C=O) groups is 3. The van der Waals surface area contributed by atoms with Crippen LogP contribution in [0.15, 0.2) is 65.8 Å². The molecule has 0 N–H and O–H groups in total. The van der Waals surface area contributed by atoms with Gasteiger partial charge in [-0.1, -0.05) is 41.5 Å². The molecule has 2 aromatic carbocycles. The summed E-state index contributed by atoms with van der Waals surface area (Å²) in [5, 5.41) is 3.68. The first-order valence-electron chi connectivity index (χ1n) is 9.79. The highest BCUT2D eigenvalue weighted by molar-refractivity contribution is 5.90.